The molecule has 0 bridgehead atoms. The Morgan fingerprint density at radius 1 is 0.966 bits per heavy atom. The van der Waals surface area contributed by atoms with Gasteiger partial charge in [0, 0.05) is 22.0 Å². The fourth-order valence-electron chi connectivity index (χ4n) is 4.56. The largest absolute Gasteiger partial charge is 0.322 e. The van der Waals surface area contributed by atoms with Gasteiger partial charge in [0.2, 0.25) is 0 Å². The molecule has 5 rings (SSSR count). The first-order chi connectivity index (χ1) is 14.2. The highest BCUT2D eigenvalue weighted by Gasteiger charge is 2.36. The summed E-state index contributed by atoms with van der Waals surface area (Å²) in [6.45, 7) is 0.683. The van der Waals surface area contributed by atoms with E-state index < -0.39 is 0 Å². The summed E-state index contributed by atoms with van der Waals surface area (Å²) in [4.78, 5) is 18.0. The molecule has 1 aromatic heterocycles. The molecule has 3 aromatic rings. The molecule has 1 atom stereocenters. The molecule has 1 aliphatic heterocycles. The summed E-state index contributed by atoms with van der Waals surface area (Å²) in [5, 5.41) is 2.96. The molecule has 1 aliphatic carbocycles. The maximum atomic E-state index is 13.2. The van der Waals surface area contributed by atoms with E-state index >= 15 is 0 Å². The maximum Gasteiger partial charge on any atom is 0.322 e. The monoisotopic (exact) mass is 406 g/mol. The summed E-state index contributed by atoms with van der Waals surface area (Å²) in [5.74, 6) is -0.308. The van der Waals surface area contributed by atoms with Gasteiger partial charge in [-0.1, -0.05) is 30.3 Å². The maximum absolute atomic E-state index is 13.2. The van der Waals surface area contributed by atoms with E-state index in [9.17, 15) is 9.18 Å². The van der Waals surface area contributed by atoms with Crippen molar-refractivity contribution in [3.63, 3.8) is 0 Å². The van der Waals surface area contributed by atoms with Crippen molar-refractivity contribution in [2.75, 3.05) is 11.9 Å². The van der Waals surface area contributed by atoms with Gasteiger partial charge in [-0.15, -0.1) is 11.3 Å². The number of fused-ring (bicyclic) bond motifs is 3. The highest BCUT2D eigenvalue weighted by atomic mass is 32.1. The molecular weight excluding hydrogens is 383 g/mol. The lowest BCUT2D eigenvalue weighted by molar-refractivity contribution is 0.195. The second-order valence-electron chi connectivity index (χ2n) is 7.75. The molecule has 0 fully saturated rings. The second-order valence-corrected chi connectivity index (χ2v) is 8.88. The lowest BCUT2D eigenvalue weighted by Crippen LogP contribution is -2.42. The molecule has 2 aromatic carbocycles. The van der Waals surface area contributed by atoms with Crippen molar-refractivity contribution in [3.05, 3.63) is 86.9 Å². The minimum atomic E-state index is -0.308. The number of carbonyl (C=O) groups is 1. The Kier molecular flexibility index (Phi) is 4.84. The highest BCUT2D eigenvalue weighted by Crippen LogP contribution is 2.45. The Hall–Kier alpha value is -2.66. The fraction of sp³-hybridized carbons (Fsp3) is 0.292. The van der Waals surface area contributed by atoms with Crippen LogP contribution in [0.5, 0.6) is 0 Å². The Morgan fingerprint density at radius 2 is 1.72 bits per heavy atom. The van der Waals surface area contributed by atoms with Gasteiger partial charge >= 0.3 is 6.03 Å². The van der Waals surface area contributed by atoms with Gasteiger partial charge in [-0.3, -0.25) is 0 Å². The number of carbonyl (C=O) groups excluding carboxylic acids is 1. The van der Waals surface area contributed by atoms with E-state index in [0.29, 0.717) is 12.2 Å². The number of rotatable bonds is 2. The van der Waals surface area contributed by atoms with Gasteiger partial charge in [0.25, 0.3) is 0 Å². The van der Waals surface area contributed by atoms with E-state index in [1.165, 1.54) is 46.7 Å². The molecule has 3 nitrogen and oxygen atoms in total. The number of nitrogens with zero attached hydrogens (tertiary/aromatic N) is 1. The van der Waals surface area contributed by atoms with Crippen molar-refractivity contribution in [1.82, 2.24) is 4.90 Å². The number of aryl methyl sites for hydroxylation is 1. The zero-order valence-electron chi connectivity index (χ0n) is 16.2. The number of hydrogen-bond donors (Lipinski definition) is 1. The van der Waals surface area contributed by atoms with Gasteiger partial charge in [-0.2, -0.15) is 0 Å². The van der Waals surface area contributed by atoms with Crippen molar-refractivity contribution < 1.29 is 9.18 Å². The smallest absolute Gasteiger partial charge is 0.312 e. The Bertz CT molecular complexity index is 1030. The molecule has 2 amide bonds. The fourth-order valence-corrected chi connectivity index (χ4v) is 6.15. The van der Waals surface area contributed by atoms with Gasteiger partial charge in [0.05, 0.1) is 6.04 Å². The number of nitrogens with one attached hydrogen (secondary N) is 1. The van der Waals surface area contributed by atoms with E-state index in [4.69, 9.17) is 0 Å². The lowest BCUT2D eigenvalue weighted by atomic mass is 9.88. The van der Waals surface area contributed by atoms with E-state index in [2.05, 4.69) is 17.4 Å². The average molecular weight is 407 g/mol. The van der Waals surface area contributed by atoms with Crippen LogP contribution in [-0.4, -0.2) is 17.5 Å². The van der Waals surface area contributed by atoms with Crippen molar-refractivity contribution >= 4 is 23.1 Å². The zero-order chi connectivity index (χ0) is 19.8. The minimum Gasteiger partial charge on any atom is -0.312 e. The summed E-state index contributed by atoms with van der Waals surface area (Å²) in [5.41, 5.74) is 4.78. The number of benzene rings is 2. The summed E-state index contributed by atoms with van der Waals surface area (Å²) in [6, 6.07) is 16.0. The molecule has 5 heteroatoms. The van der Waals surface area contributed by atoms with Crippen LogP contribution in [-0.2, 0) is 19.3 Å². The molecule has 2 aliphatic rings. The predicted molar refractivity (Wildman–Crippen MR) is 115 cm³/mol. The number of urea groups is 1. The molecule has 0 radical (unpaired) electrons. The number of thiophene rings is 1. The minimum absolute atomic E-state index is 0.0731. The Labute approximate surface area is 174 Å². The summed E-state index contributed by atoms with van der Waals surface area (Å²) in [7, 11) is 0. The molecule has 2 heterocycles. The predicted octanol–water partition coefficient (Wildman–Crippen LogP) is 5.95. The third-order valence-corrected chi connectivity index (χ3v) is 7.33. The van der Waals surface area contributed by atoms with Crippen molar-refractivity contribution in [3.8, 4) is 0 Å². The van der Waals surface area contributed by atoms with Crippen molar-refractivity contribution in [2.24, 2.45) is 0 Å². The quantitative estimate of drug-likeness (QED) is 0.561. The average Bonchev–Trinajstić information content (AvgIpc) is 3.14. The Morgan fingerprint density at radius 3 is 2.52 bits per heavy atom. The first-order valence-electron chi connectivity index (χ1n) is 10.2. The lowest BCUT2D eigenvalue weighted by Gasteiger charge is -2.36. The molecule has 0 saturated carbocycles. The third kappa shape index (κ3) is 3.44. The van der Waals surface area contributed by atoms with Crippen LogP contribution in [0.2, 0.25) is 0 Å². The molecule has 148 valence electrons. The number of anilines is 1. The molecule has 0 spiro atoms. The van der Waals surface area contributed by atoms with Crippen LogP contribution in [0.1, 0.15) is 45.3 Å². The topological polar surface area (TPSA) is 32.3 Å². The summed E-state index contributed by atoms with van der Waals surface area (Å²) >= 11 is 1.90. The molecular formula is C24H23FN2OS. The molecule has 0 saturated heterocycles. The van der Waals surface area contributed by atoms with Crippen LogP contribution in [0.4, 0.5) is 14.9 Å². The van der Waals surface area contributed by atoms with Gasteiger partial charge in [0.1, 0.15) is 5.82 Å². The van der Waals surface area contributed by atoms with Gasteiger partial charge < -0.3 is 10.2 Å². The molecule has 0 unspecified atom stereocenters. The number of hydrogen-bond acceptors (Lipinski definition) is 2. The number of halogens is 1. The van der Waals surface area contributed by atoms with E-state index in [1.807, 2.05) is 34.4 Å². The van der Waals surface area contributed by atoms with E-state index in [-0.39, 0.29) is 17.9 Å². The normalized spacial score (nSPS) is 18.1. The summed E-state index contributed by atoms with van der Waals surface area (Å²) < 4.78 is 13.2. The highest BCUT2D eigenvalue weighted by molar-refractivity contribution is 7.12. The van der Waals surface area contributed by atoms with Crippen LogP contribution in [0.25, 0.3) is 0 Å². The Balaban J connectivity index is 1.52. The number of amides is 2. The SMILES string of the molecule is O=C(Nc1ccc(F)cc1)N1CCc2c(sc3c2CCCC3)[C@H]1c1ccccc1. The molecule has 29 heavy (non-hydrogen) atoms. The van der Waals surface area contributed by atoms with Crippen LogP contribution in [0, 0.1) is 5.82 Å². The van der Waals surface area contributed by atoms with Crippen LogP contribution in [0.3, 0.4) is 0 Å². The first-order valence-corrected chi connectivity index (χ1v) is 11.0. The van der Waals surface area contributed by atoms with Crippen LogP contribution < -0.4 is 5.32 Å². The van der Waals surface area contributed by atoms with Gasteiger partial charge in [-0.25, -0.2) is 9.18 Å². The van der Waals surface area contributed by atoms with Crippen LogP contribution in [0.15, 0.2) is 54.6 Å². The van der Waals surface area contributed by atoms with Gasteiger partial charge in [-0.05, 0) is 73.1 Å². The van der Waals surface area contributed by atoms with Crippen LogP contribution >= 0.6 is 11.3 Å². The second kappa shape index (κ2) is 7.64. The third-order valence-electron chi connectivity index (χ3n) is 5.95. The van der Waals surface area contributed by atoms with Crippen molar-refractivity contribution in [2.45, 2.75) is 38.1 Å². The molecule has 1 N–H and O–H groups in total. The van der Waals surface area contributed by atoms with Gasteiger partial charge in [0.15, 0.2) is 0 Å². The summed E-state index contributed by atoms with van der Waals surface area (Å²) in [6.07, 6.45) is 5.76. The van der Waals surface area contributed by atoms with Crippen molar-refractivity contribution in [1.29, 1.82) is 0 Å². The van der Waals surface area contributed by atoms with E-state index in [0.717, 1.165) is 18.4 Å². The van der Waals surface area contributed by atoms with E-state index in [1.54, 1.807) is 17.7 Å². The first kappa shape index (κ1) is 18.4. The zero-order valence-corrected chi connectivity index (χ0v) is 17.0. The standard InChI is InChI=1S/C24H23FN2OS/c25-17-10-12-18(13-11-17)26-24(28)27-15-14-20-19-8-4-5-9-21(19)29-23(20)22(27)16-6-2-1-3-7-16/h1-3,6-7,10-13,22H,4-5,8-9,14-15H2,(H,26,28)/t22-/m1/s1.